The number of aromatic nitrogens is 1. The van der Waals surface area contributed by atoms with Gasteiger partial charge in [0.15, 0.2) is 5.78 Å². The fourth-order valence-electron chi connectivity index (χ4n) is 3.89. The lowest BCUT2D eigenvalue weighted by molar-refractivity contribution is -0.123. The van der Waals surface area contributed by atoms with E-state index in [1.807, 2.05) is 20.8 Å². The number of halogens is 2. The topological polar surface area (TPSA) is 68.2 Å². The molecule has 0 bridgehead atoms. The zero-order valence-corrected chi connectivity index (χ0v) is 22.3. The lowest BCUT2D eigenvalue weighted by atomic mass is 9.91. The van der Waals surface area contributed by atoms with E-state index in [0.717, 1.165) is 25.7 Å². The summed E-state index contributed by atoms with van der Waals surface area (Å²) in [5.74, 6) is -0.312. The van der Waals surface area contributed by atoms with Crippen molar-refractivity contribution in [3.63, 3.8) is 0 Å². The Hall–Kier alpha value is -1.89. The monoisotopic (exact) mass is 522 g/mol. The SMILES string of the molecule is CC(C)(C)C(=O)/C=c1\s/c(=C\c2ccc(Cl)c(Cl)c2)c(=O)n1CC(=O)NC1CCCCCCC1. The molecule has 1 N–H and O–H groups in total. The lowest BCUT2D eigenvalue weighted by Gasteiger charge is -2.21. The van der Waals surface area contributed by atoms with E-state index in [1.165, 1.54) is 41.2 Å². The van der Waals surface area contributed by atoms with Crippen LogP contribution in [0.1, 0.15) is 71.3 Å². The van der Waals surface area contributed by atoms with Crippen LogP contribution in [0.25, 0.3) is 12.2 Å². The van der Waals surface area contributed by atoms with Gasteiger partial charge in [-0.25, -0.2) is 0 Å². The van der Waals surface area contributed by atoms with Gasteiger partial charge in [0, 0.05) is 17.5 Å². The van der Waals surface area contributed by atoms with E-state index >= 15 is 0 Å². The molecule has 0 aliphatic heterocycles. The first kappa shape index (κ1) is 26.7. The summed E-state index contributed by atoms with van der Waals surface area (Å²) in [5.41, 5.74) is -0.191. The van der Waals surface area contributed by atoms with Gasteiger partial charge >= 0.3 is 0 Å². The van der Waals surface area contributed by atoms with Gasteiger partial charge in [-0.15, -0.1) is 11.3 Å². The Labute approximate surface area is 214 Å². The lowest BCUT2D eigenvalue weighted by Crippen LogP contribution is -2.42. The number of rotatable bonds is 5. The zero-order chi connectivity index (χ0) is 24.9. The average molecular weight is 524 g/mol. The third-order valence-electron chi connectivity index (χ3n) is 5.94. The van der Waals surface area contributed by atoms with Crippen molar-refractivity contribution in [2.75, 3.05) is 0 Å². The highest BCUT2D eigenvalue weighted by Gasteiger charge is 2.21. The first-order valence-electron chi connectivity index (χ1n) is 11.8. The molecule has 0 spiro atoms. The molecule has 0 unspecified atom stereocenters. The van der Waals surface area contributed by atoms with Crippen molar-refractivity contribution >= 4 is 58.4 Å². The van der Waals surface area contributed by atoms with E-state index in [9.17, 15) is 14.4 Å². The Morgan fingerprint density at radius 1 is 1.09 bits per heavy atom. The van der Waals surface area contributed by atoms with Crippen LogP contribution in [-0.2, 0) is 16.1 Å². The number of nitrogens with one attached hydrogen (secondary N) is 1. The molecule has 2 aromatic rings. The van der Waals surface area contributed by atoms with Gasteiger partial charge < -0.3 is 5.32 Å². The van der Waals surface area contributed by atoms with Crippen molar-refractivity contribution in [1.29, 1.82) is 0 Å². The number of hydrogen-bond acceptors (Lipinski definition) is 4. The molecule has 8 heteroatoms. The minimum atomic E-state index is -0.598. The van der Waals surface area contributed by atoms with Gasteiger partial charge in [0.2, 0.25) is 5.91 Å². The number of amides is 1. The normalized spacial score (nSPS) is 16.9. The quantitative estimate of drug-likeness (QED) is 0.620. The molecule has 5 nitrogen and oxygen atoms in total. The number of nitrogens with zero attached hydrogens (tertiary/aromatic N) is 1. The van der Waals surface area contributed by atoms with Crippen molar-refractivity contribution in [2.24, 2.45) is 5.41 Å². The standard InChI is InChI=1S/C26H32Cl2N2O3S/c1-26(2,3)22(31)15-24-30(16-23(32)29-18-9-7-5-4-6-8-10-18)25(33)21(34-24)14-17-11-12-19(27)20(28)13-17/h11-15,18H,4-10,16H2,1-3H3,(H,29,32)/b21-14-,24-15-. The van der Waals surface area contributed by atoms with Crippen molar-refractivity contribution in [3.8, 4) is 0 Å². The Morgan fingerprint density at radius 3 is 2.35 bits per heavy atom. The van der Waals surface area contributed by atoms with Crippen molar-refractivity contribution < 1.29 is 9.59 Å². The predicted octanol–water partition coefficient (Wildman–Crippen LogP) is 4.67. The second-order valence-electron chi connectivity index (χ2n) is 9.88. The summed E-state index contributed by atoms with van der Waals surface area (Å²) < 4.78 is 2.28. The molecular formula is C26H32Cl2N2O3S. The van der Waals surface area contributed by atoms with Crippen LogP contribution in [0.4, 0.5) is 0 Å². The second kappa shape index (κ2) is 11.7. The van der Waals surface area contributed by atoms with Gasteiger partial charge in [-0.2, -0.15) is 0 Å². The van der Waals surface area contributed by atoms with E-state index < -0.39 is 5.41 Å². The minimum absolute atomic E-state index is 0.107. The second-order valence-corrected chi connectivity index (χ2v) is 11.8. The maximum atomic E-state index is 13.3. The maximum absolute atomic E-state index is 13.3. The van der Waals surface area contributed by atoms with Crippen molar-refractivity contribution in [3.05, 3.63) is 53.4 Å². The zero-order valence-electron chi connectivity index (χ0n) is 20.0. The summed E-state index contributed by atoms with van der Waals surface area (Å²) in [7, 11) is 0. The molecule has 0 atom stereocenters. The van der Waals surface area contributed by atoms with Gasteiger partial charge in [0.1, 0.15) is 11.2 Å². The minimum Gasteiger partial charge on any atom is -0.352 e. The van der Waals surface area contributed by atoms with Crippen LogP contribution in [0.3, 0.4) is 0 Å². The molecule has 3 rings (SSSR count). The van der Waals surface area contributed by atoms with Crippen LogP contribution in [0.2, 0.25) is 10.0 Å². The first-order chi connectivity index (χ1) is 16.0. The van der Waals surface area contributed by atoms with Gasteiger partial charge in [0.05, 0.1) is 14.6 Å². The molecular weight excluding hydrogens is 491 g/mol. The van der Waals surface area contributed by atoms with Crippen LogP contribution < -0.4 is 20.1 Å². The number of Topliss-reactive ketones (excluding diaryl/α,β-unsaturated/α-hetero) is 1. The van der Waals surface area contributed by atoms with Gasteiger partial charge in [-0.1, -0.05) is 82.1 Å². The molecule has 1 aliphatic rings. The van der Waals surface area contributed by atoms with Gasteiger partial charge in [-0.05, 0) is 36.6 Å². The summed E-state index contributed by atoms with van der Waals surface area (Å²) in [4.78, 5) is 38.9. The van der Waals surface area contributed by atoms with Crippen LogP contribution in [0.15, 0.2) is 23.0 Å². The number of hydrogen-bond donors (Lipinski definition) is 1. The predicted molar refractivity (Wildman–Crippen MR) is 141 cm³/mol. The number of ketones is 1. The van der Waals surface area contributed by atoms with Gasteiger partial charge in [0.25, 0.3) is 5.56 Å². The number of thiazole rings is 1. The molecule has 0 radical (unpaired) electrons. The van der Waals surface area contributed by atoms with Crippen molar-refractivity contribution in [2.45, 2.75) is 78.3 Å². The summed E-state index contributed by atoms with van der Waals surface area (Å²) in [6, 6.07) is 5.25. The van der Waals surface area contributed by atoms with E-state index in [1.54, 1.807) is 24.3 Å². The fraction of sp³-hybridized carbons (Fsp3) is 0.500. The highest BCUT2D eigenvalue weighted by atomic mass is 35.5. The average Bonchev–Trinajstić information content (AvgIpc) is 3.00. The molecule has 0 saturated heterocycles. The van der Waals surface area contributed by atoms with E-state index in [4.69, 9.17) is 23.2 Å². The molecule has 1 amide bonds. The van der Waals surface area contributed by atoms with Crippen LogP contribution in [0.5, 0.6) is 0 Å². The van der Waals surface area contributed by atoms with E-state index in [-0.39, 0.29) is 29.8 Å². The Morgan fingerprint density at radius 2 is 1.74 bits per heavy atom. The smallest absolute Gasteiger partial charge is 0.269 e. The summed E-state index contributed by atoms with van der Waals surface area (Å²) in [6.45, 7) is 5.36. The van der Waals surface area contributed by atoms with Crippen LogP contribution in [-0.4, -0.2) is 22.3 Å². The molecule has 34 heavy (non-hydrogen) atoms. The van der Waals surface area contributed by atoms with E-state index in [0.29, 0.717) is 24.8 Å². The fourth-order valence-corrected chi connectivity index (χ4v) is 5.24. The van der Waals surface area contributed by atoms with E-state index in [2.05, 4.69) is 5.32 Å². The first-order valence-corrected chi connectivity index (χ1v) is 13.3. The largest absolute Gasteiger partial charge is 0.352 e. The molecule has 184 valence electrons. The third-order valence-corrected chi connectivity index (χ3v) is 7.74. The Bertz CT molecular complexity index is 1220. The number of carbonyl (C=O) groups is 2. The van der Waals surface area contributed by atoms with Gasteiger partial charge in [-0.3, -0.25) is 19.0 Å². The summed E-state index contributed by atoms with van der Waals surface area (Å²) in [5, 5.41) is 3.93. The molecule has 1 fully saturated rings. The molecule has 1 aliphatic carbocycles. The summed E-state index contributed by atoms with van der Waals surface area (Å²) in [6.07, 6.45) is 10.9. The maximum Gasteiger partial charge on any atom is 0.269 e. The Kier molecular flexibility index (Phi) is 9.19. The third kappa shape index (κ3) is 7.30. The highest BCUT2D eigenvalue weighted by Crippen LogP contribution is 2.22. The molecule has 1 aromatic heterocycles. The number of benzene rings is 1. The summed E-state index contributed by atoms with van der Waals surface area (Å²) >= 11 is 13.3. The Balaban J connectivity index is 1.97. The number of carbonyl (C=O) groups excluding carboxylic acids is 2. The van der Waals surface area contributed by atoms with Crippen molar-refractivity contribution in [1.82, 2.24) is 9.88 Å². The van der Waals surface area contributed by atoms with Crippen LogP contribution >= 0.6 is 34.5 Å². The molecule has 1 aromatic carbocycles. The molecule has 1 heterocycles. The molecule has 1 saturated carbocycles. The van der Waals surface area contributed by atoms with Crippen LogP contribution in [0, 0.1) is 5.41 Å². The highest BCUT2D eigenvalue weighted by molar-refractivity contribution is 7.07.